The van der Waals surface area contributed by atoms with Crippen LogP contribution in [0.15, 0.2) is 12.3 Å². The van der Waals surface area contributed by atoms with Crippen molar-refractivity contribution in [3.63, 3.8) is 0 Å². The largest absolute Gasteiger partial charge is 0.384 e. The molecule has 2 saturated heterocycles. The normalized spacial score (nSPS) is 23.1. The molecule has 1 aromatic heterocycles. The molecule has 2 fully saturated rings. The number of likely N-dealkylation sites (tertiary alicyclic amines) is 1. The number of hydrogen-bond acceptors (Lipinski definition) is 6. The third kappa shape index (κ3) is 4.14. The minimum atomic E-state index is 0.249. The lowest BCUT2D eigenvalue weighted by Gasteiger charge is -2.34. The van der Waals surface area contributed by atoms with Crippen LogP contribution in [0.3, 0.4) is 0 Å². The quantitative estimate of drug-likeness (QED) is 0.889. The molecule has 0 radical (unpaired) electrons. The Morgan fingerprint density at radius 1 is 1.21 bits per heavy atom. The van der Waals surface area contributed by atoms with E-state index < -0.39 is 0 Å². The minimum absolute atomic E-state index is 0.249. The van der Waals surface area contributed by atoms with Crippen molar-refractivity contribution in [1.82, 2.24) is 19.8 Å². The summed E-state index contributed by atoms with van der Waals surface area (Å²) in [5.41, 5.74) is 5.75. The van der Waals surface area contributed by atoms with Crippen LogP contribution >= 0.6 is 0 Å². The summed E-state index contributed by atoms with van der Waals surface area (Å²) >= 11 is 0. The Kier molecular flexibility index (Phi) is 5.50. The molecule has 7 nitrogen and oxygen atoms in total. The highest BCUT2D eigenvalue weighted by Gasteiger charge is 2.25. The van der Waals surface area contributed by atoms with Crippen molar-refractivity contribution < 1.29 is 4.79 Å². The Bertz CT molecular complexity index is 566. The first kappa shape index (κ1) is 17.0. The van der Waals surface area contributed by atoms with E-state index in [2.05, 4.69) is 26.7 Å². The topological polar surface area (TPSA) is 78.6 Å². The fourth-order valence-corrected chi connectivity index (χ4v) is 3.55. The molecule has 24 heavy (non-hydrogen) atoms. The highest BCUT2D eigenvalue weighted by Crippen LogP contribution is 2.17. The number of piperidine rings is 1. The SMILES string of the molecule is CC1CCCCN1CC(=O)N1CCCN(c2nccc(N)n2)CC1. The average Bonchev–Trinajstić information content (AvgIpc) is 2.83. The molecule has 0 bridgehead atoms. The molecule has 1 amide bonds. The summed E-state index contributed by atoms with van der Waals surface area (Å²) in [5.74, 6) is 1.39. The van der Waals surface area contributed by atoms with Crippen LogP contribution in [0.1, 0.15) is 32.6 Å². The van der Waals surface area contributed by atoms with Gasteiger partial charge in [-0.1, -0.05) is 6.42 Å². The van der Waals surface area contributed by atoms with E-state index in [1.54, 1.807) is 12.3 Å². The number of hydrogen-bond donors (Lipinski definition) is 1. The molecular weight excluding hydrogens is 304 g/mol. The van der Waals surface area contributed by atoms with Gasteiger partial charge < -0.3 is 15.5 Å². The summed E-state index contributed by atoms with van der Waals surface area (Å²) in [5, 5.41) is 0. The average molecular weight is 332 g/mol. The van der Waals surface area contributed by atoms with E-state index in [9.17, 15) is 4.79 Å². The number of rotatable bonds is 3. The summed E-state index contributed by atoms with van der Waals surface area (Å²) in [6.07, 6.45) is 6.30. The fraction of sp³-hybridized carbons (Fsp3) is 0.706. The van der Waals surface area contributed by atoms with Gasteiger partial charge in [-0.3, -0.25) is 9.69 Å². The zero-order valence-electron chi connectivity index (χ0n) is 14.5. The van der Waals surface area contributed by atoms with Gasteiger partial charge in [0.1, 0.15) is 5.82 Å². The van der Waals surface area contributed by atoms with Crippen LogP contribution in [0.5, 0.6) is 0 Å². The van der Waals surface area contributed by atoms with Crippen LogP contribution in [-0.4, -0.2) is 71.0 Å². The van der Waals surface area contributed by atoms with Crippen molar-refractivity contribution in [2.75, 3.05) is 49.9 Å². The van der Waals surface area contributed by atoms with Gasteiger partial charge in [0.05, 0.1) is 6.54 Å². The van der Waals surface area contributed by atoms with Gasteiger partial charge in [0.15, 0.2) is 0 Å². The first-order valence-corrected chi connectivity index (χ1v) is 8.99. The van der Waals surface area contributed by atoms with Gasteiger partial charge >= 0.3 is 0 Å². The summed E-state index contributed by atoms with van der Waals surface area (Å²) in [7, 11) is 0. The summed E-state index contributed by atoms with van der Waals surface area (Å²) in [4.78, 5) is 27.7. The number of nitrogens with zero attached hydrogens (tertiary/aromatic N) is 5. The van der Waals surface area contributed by atoms with E-state index in [1.165, 1.54) is 19.3 Å². The van der Waals surface area contributed by atoms with Gasteiger partial charge in [0.25, 0.3) is 0 Å². The Morgan fingerprint density at radius 3 is 2.88 bits per heavy atom. The van der Waals surface area contributed by atoms with Gasteiger partial charge in [0.2, 0.25) is 11.9 Å². The van der Waals surface area contributed by atoms with E-state index in [0.717, 1.165) is 39.1 Å². The molecule has 0 spiro atoms. The second-order valence-electron chi connectivity index (χ2n) is 6.82. The highest BCUT2D eigenvalue weighted by atomic mass is 16.2. The zero-order chi connectivity index (χ0) is 16.9. The van der Waals surface area contributed by atoms with Crippen molar-refractivity contribution in [3.8, 4) is 0 Å². The molecule has 2 aliphatic heterocycles. The number of amides is 1. The van der Waals surface area contributed by atoms with Crippen LogP contribution in [0.2, 0.25) is 0 Å². The summed E-state index contributed by atoms with van der Waals surface area (Å²) in [6.45, 7) is 6.96. The zero-order valence-corrected chi connectivity index (χ0v) is 14.5. The molecule has 1 aromatic rings. The molecule has 7 heteroatoms. The second-order valence-corrected chi connectivity index (χ2v) is 6.82. The molecule has 3 rings (SSSR count). The maximum Gasteiger partial charge on any atom is 0.236 e. The third-order valence-corrected chi connectivity index (χ3v) is 5.07. The Labute approximate surface area is 143 Å². The predicted octanol–water partition coefficient (Wildman–Crippen LogP) is 0.972. The Morgan fingerprint density at radius 2 is 2.08 bits per heavy atom. The van der Waals surface area contributed by atoms with E-state index in [0.29, 0.717) is 24.4 Å². The second kappa shape index (κ2) is 7.79. The van der Waals surface area contributed by atoms with Crippen molar-refractivity contribution in [2.45, 2.75) is 38.6 Å². The first-order chi connectivity index (χ1) is 11.6. The molecule has 1 atom stereocenters. The number of aromatic nitrogens is 2. The first-order valence-electron chi connectivity index (χ1n) is 8.99. The van der Waals surface area contributed by atoms with Crippen molar-refractivity contribution >= 4 is 17.7 Å². The van der Waals surface area contributed by atoms with Crippen LogP contribution in [0.25, 0.3) is 0 Å². The predicted molar refractivity (Wildman–Crippen MR) is 94.7 cm³/mol. The maximum atomic E-state index is 12.7. The maximum absolute atomic E-state index is 12.7. The van der Waals surface area contributed by atoms with E-state index in [4.69, 9.17) is 5.73 Å². The molecule has 1 unspecified atom stereocenters. The van der Waals surface area contributed by atoms with Crippen LogP contribution < -0.4 is 10.6 Å². The third-order valence-electron chi connectivity index (χ3n) is 5.07. The lowest BCUT2D eigenvalue weighted by Crippen LogP contribution is -2.46. The van der Waals surface area contributed by atoms with Gasteiger partial charge in [-0.05, 0) is 38.8 Å². The monoisotopic (exact) mass is 332 g/mol. The minimum Gasteiger partial charge on any atom is -0.384 e. The smallest absolute Gasteiger partial charge is 0.236 e. The molecule has 2 aliphatic rings. The fourth-order valence-electron chi connectivity index (χ4n) is 3.55. The molecule has 2 N–H and O–H groups in total. The lowest BCUT2D eigenvalue weighted by atomic mass is 10.0. The van der Waals surface area contributed by atoms with Crippen molar-refractivity contribution in [2.24, 2.45) is 0 Å². The Hall–Kier alpha value is -1.89. The van der Waals surface area contributed by atoms with Crippen molar-refractivity contribution in [1.29, 1.82) is 0 Å². The molecule has 3 heterocycles. The van der Waals surface area contributed by atoms with Gasteiger partial charge in [-0.15, -0.1) is 0 Å². The highest BCUT2D eigenvalue weighted by molar-refractivity contribution is 5.78. The van der Waals surface area contributed by atoms with Gasteiger partial charge in [-0.25, -0.2) is 4.98 Å². The number of nitrogen functional groups attached to an aromatic ring is 1. The summed E-state index contributed by atoms with van der Waals surface area (Å²) in [6, 6.07) is 2.21. The number of carbonyl (C=O) groups excluding carboxylic acids is 1. The Balaban J connectivity index is 1.55. The van der Waals surface area contributed by atoms with E-state index >= 15 is 0 Å². The lowest BCUT2D eigenvalue weighted by molar-refractivity contribution is -0.133. The number of carbonyl (C=O) groups is 1. The number of nitrogens with two attached hydrogens (primary N) is 1. The summed E-state index contributed by atoms with van der Waals surface area (Å²) < 4.78 is 0. The van der Waals surface area contributed by atoms with E-state index in [-0.39, 0.29) is 5.91 Å². The van der Waals surface area contributed by atoms with Crippen LogP contribution in [0.4, 0.5) is 11.8 Å². The van der Waals surface area contributed by atoms with Gasteiger partial charge in [0, 0.05) is 38.4 Å². The number of anilines is 2. The molecule has 0 aromatic carbocycles. The molecule has 132 valence electrons. The standard InChI is InChI=1S/C17H28N6O/c1-14-5-2-3-8-23(14)13-16(24)21-9-4-10-22(12-11-21)17-19-7-6-15(18)20-17/h6-7,14H,2-5,8-13H2,1H3,(H2,18,19,20). The van der Waals surface area contributed by atoms with Crippen LogP contribution in [-0.2, 0) is 4.79 Å². The van der Waals surface area contributed by atoms with E-state index in [1.807, 2.05) is 4.90 Å². The van der Waals surface area contributed by atoms with Gasteiger partial charge in [-0.2, -0.15) is 4.98 Å². The molecule has 0 saturated carbocycles. The molecular formula is C17H28N6O. The van der Waals surface area contributed by atoms with Crippen LogP contribution in [0, 0.1) is 0 Å². The molecule has 0 aliphatic carbocycles. The van der Waals surface area contributed by atoms with Crippen molar-refractivity contribution in [3.05, 3.63) is 12.3 Å².